The largest absolute Gasteiger partial charge is 0.461 e. The number of nitrogens with two attached hydrogens (primary N) is 1. The number of thiazole rings is 1. The summed E-state index contributed by atoms with van der Waals surface area (Å²) < 4.78 is 10.0. The Labute approximate surface area is 149 Å². The highest BCUT2D eigenvalue weighted by Gasteiger charge is 2.16. The van der Waals surface area contributed by atoms with Crippen molar-refractivity contribution in [3.05, 3.63) is 52.5 Å². The van der Waals surface area contributed by atoms with Crippen molar-refractivity contribution in [2.45, 2.75) is 13.5 Å². The van der Waals surface area contributed by atoms with E-state index in [0.29, 0.717) is 4.88 Å². The number of nitrogens with one attached hydrogen (secondary N) is 1. The van der Waals surface area contributed by atoms with Crippen LogP contribution in [0.5, 0.6) is 0 Å². The molecule has 0 atom stereocenters. The van der Waals surface area contributed by atoms with E-state index < -0.39 is 12.1 Å². The van der Waals surface area contributed by atoms with Crippen LogP contribution in [-0.4, -0.2) is 30.2 Å². The van der Waals surface area contributed by atoms with E-state index in [1.807, 2.05) is 30.3 Å². The van der Waals surface area contributed by atoms with Crippen LogP contribution < -0.4 is 11.1 Å². The summed E-state index contributed by atoms with van der Waals surface area (Å²) in [6, 6.07) is 9.39. The molecule has 1 amide bonds. The molecule has 1 heterocycles. The van der Waals surface area contributed by atoms with E-state index >= 15 is 0 Å². The molecule has 0 saturated carbocycles. The fourth-order valence-electron chi connectivity index (χ4n) is 1.89. The summed E-state index contributed by atoms with van der Waals surface area (Å²) in [6.45, 7) is 2.42. The maximum absolute atomic E-state index is 11.8. The molecule has 25 heavy (non-hydrogen) atoms. The van der Waals surface area contributed by atoms with Crippen molar-refractivity contribution in [1.29, 1.82) is 0 Å². The van der Waals surface area contributed by atoms with E-state index in [1.165, 1.54) is 11.3 Å². The second-order valence-electron chi connectivity index (χ2n) is 4.83. The smallest absolute Gasteiger partial charge is 0.407 e. The Hall–Kier alpha value is -2.87. The van der Waals surface area contributed by atoms with E-state index in [0.717, 1.165) is 5.56 Å². The number of rotatable bonds is 7. The van der Waals surface area contributed by atoms with Crippen LogP contribution in [0.2, 0.25) is 0 Å². The molecule has 0 saturated heterocycles. The van der Waals surface area contributed by atoms with Crippen LogP contribution in [0.4, 0.5) is 9.93 Å². The average molecular weight is 361 g/mol. The lowest BCUT2D eigenvalue weighted by molar-refractivity contribution is 0.0520. The van der Waals surface area contributed by atoms with Gasteiger partial charge in [-0.1, -0.05) is 47.7 Å². The van der Waals surface area contributed by atoms with Crippen LogP contribution in [0.25, 0.3) is 6.08 Å². The van der Waals surface area contributed by atoms with Crippen molar-refractivity contribution in [1.82, 2.24) is 10.3 Å². The van der Waals surface area contributed by atoms with Crippen LogP contribution in [0.3, 0.4) is 0 Å². The van der Waals surface area contributed by atoms with Crippen molar-refractivity contribution < 1.29 is 19.1 Å². The molecule has 0 aliphatic carbocycles. The predicted octanol–water partition coefficient (Wildman–Crippen LogP) is 2.84. The summed E-state index contributed by atoms with van der Waals surface area (Å²) in [5.74, 6) is -0.523. The monoisotopic (exact) mass is 361 g/mol. The number of aromatic nitrogens is 1. The second kappa shape index (κ2) is 9.43. The van der Waals surface area contributed by atoms with Crippen LogP contribution in [0.15, 0.2) is 36.4 Å². The third-order valence-corrected chi connectivity index (χ3v) is 3.83. The third kappa shape index (κ3) is 5.92. The number of carbonyl (C=O) groups excluding carboxylic acids is 2. The Kier molecular flexibility index (Phi) is 6.97. The first-order valence-electron chi connectivity index (χ1n) is 7.64. The number of nitrogens with zero attached hydrogens (tertiary/aromatic N) is 1. The zero-order chi connectivity index (χ0) is 18.1. The van der Waals surface area contributed by atoms with E-state index in [-0.39, 0.29) is 30.6 Å². The van der Waals surface area contributed by atoms with Crippen molar-refractivity contribution >= 4 is 34.6 Å². The summed E-state index contributed by atoms with van der Waals surface area (Å²) in [5, 5.41) is 2.87. The Balaban J connectivity index is 1.81. The molecule has 0 fully saturated rings. The molecule has 8 heteroatoms. The minimum Gasteiger partial charge on any atom is -0.461 e. The Morgan fingerprint density at radius 2 is 2.04 bits per heavy atom. The van der Waals surface area contributed by atoms with Crippen molar-refractivity contribution in [2.75, 3.05) is 18.9 Å². The second-order valence-corrected chi connectivity index (χ2v) is 5.89. The summed E-state index contributed by atoms with van der Waals surface area (Å²) in [6.07, 6.45) is 2.82. The number of esters is 1. The molecule has 132 valence electrons. The Bertz CT molecular complexity index is 744. The first kappa shape index (κ1) is 18.5. The third-order valence-electron chi connectivity index (χ3n) is 2.98. The van der Waals surface area contributed by atoms with Gasteiger partial charge in [-0.05, 0) is 18.6 Å². The number of amides is 1. The van der Waals surface area contributed by atoms with E-state index in [4.69, 9.17) is 15.2 Å². The first-order chi connectivity index (χ1) is 12.1. The van der Waals surface area contributed by atoms with Crippen LogP contribution in [0.1, 0.15) is 27.9 Å². The van der Waals surface area contributed by atoms with Crippen molar-refractivity contribution in [3.8, 4) is 0 Å². The van der Waals surface area contributed by atoms with Crippen molar-refractivity contribution in [3.63, 3.8) is 0 Å². The highest BCUT2D eigenvalue weighted by atomic mass is 32.1. The van der Waals surface area contributed by atoms with E-state index in [9.17, 15) is 9.59 Å². The fourth-order valence-corrected chi connectivity index (χ4v) is 2.64. The molecular weight excluding hydrogens is 342 g/mol. The molecule has 1 aromatic heterocycles. The highest BCUT2D eigenvalue weighted by Crippen LogP contribution is 2.22. The topological polar surface area (TPSA) is 104 Å². The van der Waals surface area contributed by atoms with E-state index in [1.54, 1.807) is 19.1 Å². The zero-order valence-electron chi connectivity index (χ0n) is 13.7. The summed E-state index contributed by atoms with van der Waals surface area (Å²) in [4.78, 5) is 27.9. The number of nitrogen functional groups attached to an aromatic ring is 1. The molecule has 0 spiro atoms. The molecule has 1 aromatic carbocycles. The number of ether oxygens (including phenoxy) is 2. The van der Waals surface area contributed by atoms with E-state index in [2.05, 4.69) is 10.3 Å². The van der Waals surface area contributed by atoms with Gasteiger partial charge in [0, 0.05) is 6.54 Å². The molecule has 2 rings (SSSR count). The van der Waals surface area contributed by atoms with Gasteiger partial charge in [0.1, 0.15) is 6.61 Å². The molecule has 3 N–H and O–H groups in total. The highest BCUT2D eigenvalue weighted by molar-refractivity contribution is 7.16. The van der Waals surface area contributed by atoms with Crippen LogP contribution >= 0.6 is 11.3 Å². The molecule has 0 unspecified atom stereocenters. The fraction of sp³-hybridized carbons (Fsp3) is 0.235. The lowest BCUT2D eigenvalue weighted by Crippen LogP contribution is -2.24. The van der Waals surface area contributed by atoms with Gasteiger partial charge in [0.2, 0.25) is 0 Å². The van der Waals surface area contributed by atoms with Gasteiger partial charge in [-0.3, -0.25) is 0 Å². The lowest BCUT2D eigenvalue weighted by Gasteiger charge is -2.05. The van der Waals surface area contributed by atoms with Gasteiger partial charge in [-0.25, -0.2) is 14.6 Å². The number of carbonyl (C=O) groups is 2. The van der Waals surface area contributed by atoms with Gasteiger partial charge < -0.3 is 20.5 Å². The van der Waals surface area contributed by atoms with Crippen LogP contribution in [0, 0.1) is 0 Å². The van der Waals surface area contributed by atoms with Crippen LogP contribution in [-0.2, 0) is 16.1 Å². The average Bonchev–Trinajstić information content (AvgIpc) is 2.99. The number of anilines is 1. The number of alkyl carbamates (subject to hydrolysis) is 1. The van der Waals surface area contributed by atoms with Gasteiger partial charge in [0.15, 0.2) is 10.8 Å². The summed E-state index contributed by atoms with van der Waals surface area (Å²) in [7, 11) is 0. The maximum Gasteiger partial charge on any atom is 0.407 e. The molecule has 0 aliphatic heterocycles. The summed E-state index contributed by atoms with van der Waals surface area (Å²) >= 11 is 1.17. The molecular formula is C17H19N3O4S. The predicted molar refractivity (Wildman–Crippen MR) is 96.1 cm³/mol. The summed E-state index contributed by atoms with van der Waals surface area (Å²) in [5.41, 5.74) is 6.72. The van der Waals surface area contributed by atoms with Crippen molar-refractivity contribution in [2.24, 2.45) is 0 Å². The molecule has 0 bridgehead atoms. The number of benzene rings is 1. The maximum atomic E-state index is 11.8. The zero-order valence-corrected chi connectivity index (χ0v) is 14.5. The molecule has 0 aliphatic rings. The first-order valence-corrected chi connectivity index (χ1v) is 8.46. The standard InChI is InChI=1S/C17H19N3O4S/c1-2-23-15(21)14-13(25-16(18)20-14)9-6-10-19-17(22)24-11-12-7-4-3-5-8-12/h3-9H,2,10-11H2,1H3,(H2,18,20)(H,19,22). The van der Waals surface area contributed by atoms with Gasteiger partial charge in [0.25, 0.3) is 0 Å². The van der Waals surface area contributed by atoms with Gasteiger partial charge in [0.05, 0.1) is 11.5 Å². The SMILES string of the molecule is CCOC(=O)c1nc(N)sc1C=CCNC(=O)OCc1ccccc1. The minimum atomic E-state index is -0.525. The minimum absolute atomic E-state index is 0.173. The molecule has 2 aromatic rings. The van der Waals surface area contributed by atoms with Gasteiger partial charge in [-0.15, -0.1) is 0 Å². The number of hydrogen-bond acceptors (Lipinski definition) is 7. The van der Waals surface area contributed by atoms with Gasteiger partial charge >= 0.3 is 12.1 Å². The normalized spacial score (nSPS) is 10.6. The Morgan fingerprint density at radius 3 is 2.76 bits per heavy atom. The molecule has 0 radical (unpaired) electrons. The Morgan fingerprint density at radius 1 is 1.28 bits per heavy atom. The van der Waals surface area contributed by atoms with Gasteiger partial charge in [-0.2, -0.15) is 0 Å². The molecule has 7 nitrogen and oxygen atoms in total. The number of hydrogen-bond donors (Lipinski definition) is 2. The quantitative estimate of drug-likeness (QED) is 0.735. The lowest BCUT2D eigenvalue weighted by atomic mass is 10.2.